The Balaban J connectivity index is 2.12. The molecule has 1 aromatic carbocycles. The lowest BCUT2D eigenvalue weighted by molar-refractivity contribution is -0.131. The molecule has 3 nitrogen and oxygen atoms in total. The van der Waals surface area contributed by atoms with Gasteiger partial charge in [0.1, 0.15) is 0 Å². The number of benzene rings is 1. The van der Waals surface area contributed by atoms with Crippen LogP contribution in [-0.2, 0) is 11.2 Å². The second kappa shape index (κ2) is 8.70. The van der Waals surface area contributed by atoms with Crippen LogP contribution < -0.4 is 5.84 Å². The molecule has 1 amide bonds. The van der Waals surface area contributed by atoms with E-state index in [1.54, 1.807) is 0 Å². The minimum absolute atomic E-state index is 0.0663. The van der Waals surface area contributed by atoms with E-state index in [1.807, 2.05) is 6.07 Å². The Bertz CT molecular complexity index is 338. The van der Waals surface area contributed by atoms with Crippen molar-refractivity contribution in [3.8, 4) is 0 Å². The van der Waals surface area contributed by atoms with Gasteiger partial charge in [-0.05, 0) is 31.2 Å². The predicted molar refractivity (Wildman–Crippen MR) is 74.8 cm³/mol. The van der Waals surface area contributed by atoms with Gasteiger partial charge in [-0.15, -0.1) is 0 Å². The van der Waals surface area contributed by atoms with E-state index in [9.17, 15) is 4.79 Å². The number of hydrogen-bond acceptors (Lipinski definition) is 2. The molecule has 0 aliphatic heterocycles. The van der Waals surface area contributed by atoms with Gasteiger partial charge >= 0.3 is 0 Å². The summed E-state index contributed by atoms with van der Waals surface area (Å²) >= 11 is 0. The van der Waals surface area contributed by atoms with E-state index >= 15 is 0 Å². The van der Waals surface area contributed by atoms with Crippen molar-refractivity contribution in [2.45, 2.75) is 45.4 Å². The van der Waals surface area contributed by atoms with Crippen molar-refractivity contribution in [2.75, 3.05) is 6.54 Å². The predicted octanol–water partition coefficient (Wildman–Crippen LogP) is 2.90. The highest BCUT2D eigenvalue weighted by Crippen LogP contribution is 2.05. The van der Waals surface area contributed by atoms with E-state index in [0.29, 0.717) is 13.0 Å². The van der Waals surface area contributed by atoms with Crippen LogP contribution >= 0.6 is 0 Å². The third-order valence-electron chi connectivity index (χ3n) is 3.02. The zero-order chi connectivity index (χ0) is 13.2. The van der Waals surface area contributed by atoms with Gasteiger partial charge in [-0.1, -0.05) is 43.7 Å². The van der Waals surface area contributed by atoms with Crippen LogP contribution in [-0.4, -0.2) is 17.5 Å². The molecule has 1 aromatic rings. The second-order valence-corrected chi connectivity index (χ2v) is 4.63. The molecule has 2 N–H and O–H groups in total. The molecule has 100 valence electrons. The first kappa shape index (κ1) is 14.7. The number of carbonyl (C=O) groups excluding carboxylic acids is 1. The van der Waals surface area contributed by atoms with Crippen molar-refractivity contribution in [1.29, 1.82) is 0 Å². The maximum Gasteiger partial charge on any atom is 0.236 e. The fraction of sp³-hybridized carbons (Fsp3) is 0.533. The molecule has 3 heteroatoms. The Morgan fingerprint density at radius 1 is 1.17 bits per heavy atom. The number of rotatable bonds is 8. The summed E-state index contributed by atoms with van der Waals surface area (Å²) in [4.78, 5) is 11.6. The van der Waals surface area contributed by atoms with Crippen molar-refractivity contribution in [2.24, 2.45) is 5.84 Å². The van der Waals surface area contributed by atoms with Crippen LogP contribution in [0, 0.1) is 0 Å². The molecule has 0 saturated carbocycles. The third kappa shape index (κ3) is 5.82. The zero-order valence-corrected chi connectivity index (χ0v) is 11.3. The summed E-state index contributed by atoms with van der Waals surface area (Å²) < 4.78 is 0. The van der Waals surface area contributed by atoms with Crippen LogP contribution in [0.25, 0.3) is 0 Å². The topological polar surface area (TPSA) is 46.3 Å². The lowest BCUT2D eigenvalue weighted by Gasteiger charge is -2.16. The second-order valence-electron chi connectivity index (χ2n) is 4.63. The van der Waals surface area contributed by atoms with Gasteiger partial charge < -0.3 is 0 Å². The lowest BCUT2D eigenvalue weighted by Crippen LogP contribution is -2.38. The molecule has 0 fully saturated rings. The van der Waals surface area contributed by atoms with Crippen LogP contribution in [0.2, 0.25) is 0 Å². The number of carbonyl (C=O) groups is 1. The van der Waals surface area contributed by atoms with Crippen molar-refractivity contribution in [1.82, 2.24) is 5.01 Å². The Morgan fingerprint density at radius 3 is 2.56 bits per heavy atom. The van der Waals surface area contributed by atoms with Gasteiger partial charge in [0.05, 0.1) is 0 Å². The van der Waals surface area contributed by atoms with E-state index < -0.39 is 0 Å². The molecule has 0 aliphatic rings. The first-order valence-electron chi connectivity index (χ1n) is 6.83. The van der Waals surface area contributed by atoms with Crippen molar-refractivity contribution < 1.29 is 4.79 Å². The number of amides is 1. The molecule has 0 spiro atoms. The number of aryl methyl sites for hydroxylation is 1. The molecule has 0 heterocycles. The Labute approximate surface area is 110 Å². The van der Waals surface area contributed by atoms with Gasteiger partial charge in [0.25, 0.3) is 0 Å². The van der Waals surface area contributed by atoms with Crippen LogP contribution in [0.15, 0.2) is 30.3 Å². The summed E-state index contributed by atoms with van der Waals surface area (Å²) in [6.07, 6.45) is 5.62. The molecule has 0 aliphatic carbocycles. The van der Waals surface area contributed by atoms with Gasteiger partial charge in [0.15, 0.2) is 0 Å². The number of nitrogens with zero attached hydrogens (tertiary/aromatic N) is 1. The molecule has 18 heavy (non-hydrogen) atoms. The minimum Gasteiger partial charge on any atom is -0.281 e. The zero-order valence-electron chi connectivity index (χ0n) is 11.3. The van der Waals surface area contributed by atoms with Crippen LogP contribution in [0.3, 0.4) is 0 Å². The molecule has 0 aromatic heterocycles. The summed E-state index contributed by atoms with van der Waals surface area (Å²) in [6, 6.07) is 10.4. The van der Waals surface area contributed by atoms with E-state index in [-0.39, 0.29) is 5.91 Å². The van der Waals surface area contributed by atoms with Crippen molar-refractivity contribution in [3.05, 3.63) is 35.9 Å². The number of unbranched alkanes of at least 4 members (excludes halogenated alkanes) is 2. The summed E-state index contributed by atoms with van der Waals surface area (Å²) in [5, 5.41) is 1.38. The molecular weight excluding hydrogens is 224 g/mol. The first-order chi connectivity index (χ1) is 8.74. The molecule has 0 bridgehead atoms. The molecule has 1 rings (SSSR count). The molecule has 0 saturated heterocycles. The van der Waals surface area contributed by atoms with Gasteiger partial charge in [-0.25, -0.2) is 5.84 Å². The normalized spacial score (nSPS) is 10.3. The summed E-state index contributed by atoms with van der Waals surface area (Å²) in [5.74, 6) is 5.79. The summed E-state index contributed by atoms with van der Waals surface area (Å²) in [7, 11) is 0. The lowest BCUT2D eigenvalue weighted by atomic mass is 10.1. The molecule has 0 unspecified atom stereocenters. The largest absolute Gasteiger partial charge is 0.281 e. The molecule has 0 radical (unpaired) electrons. The monoisotopic (exact) mass is 248 g/mol. The third-order valence-corrected chi connectivity index (χ3v) is 3.02. The number of nitrogens with two attached hydrogens (primary N) is 1. The van der Waals surface area contributed by atoms with Crippen LogP contribution in [0.5, 0.6) is 0 Å². The van der Waals surface area contributed by atoms with Crippen LogP contribution in [0.4, 0.5) is 0 Å². The maximum absolute atomic E-state index is 11.6. The quantitative estimate of drug-likeness (QED) is 0.333. The van der Waals surface area contributed by atoms with Crippen molar-refractivity contribution in [3.63, 3.8) is 0 Å². The Morgan fingerprint density at radius 2 is 1.89 bits per heavy atom. The highest BCUT2D eigenvalue weighted by atomic mass is 16.2. The highest BCUT2D eigenvalue weighted by molar-refractivity contribution is 5.75. The Kier molecular flexibility index (Phi) is 7.11. The smallest absolute Gasteiger partial charge is 0.236 e. The van der Waals surface area contributed by atoms with Gasteiger partial charge in [-0.3, -0.25) is 9.80 Å². The minimum atomic E-state index is 0.0663. The average Bonchev–Trinajstić information content (AvgIpc) is 2.41. The molecule has 0 atom stereocenters. The summed E-state index contributed by atoms with van der Waals surface area (Å²) in [6.45, 7) is 2.74. The highest BCUT2D eigenvalue weighted by Gasteiger charge is 2.07. The average molecular weight is 248 g/mol. The van der Waals surface area contributed by atoms with Gasteiger partial charge in [-0.2, -0.15) is 0 Å². The number of hydrazine groups is 1. The first-order valence-corrected chi connectivity index (χ1v) is 6.83. The standard InChI is InChI=1S/C15H24N2O/c1-2-3-12-15(18)17(16)13-8-7-11-14-9-5-4-6-10-14/h4-6,9-10H,2-3,7-8,11-13,16H2,1H3. The van der Waals surface area contributed by atoms with Gasteiger partial charge in [0.2, 0.25) is 5.91 Å². The maximum atomic E-state index is 11.6. The van der Waals surface area contributed by atoms with Gasteiger partial charge in [0, 0.05) is 13.0 Å². The number of hydrogen-bond donors (Lipinski definition) is 1. The van der Waals surface area contributed by atoms with E-state index in [1.165, 1.54) is 10.6 Å². The van der Waals surface area contributed by atoms with E-state index in [4.69, 9.17) is 5.84 Å². The SMILES string of the molecule is CCCCC(=O)N(N)CCCCc1ccccc1. The summed E-state index contributed by atoms with van der Waals surface area (Å²) in [5.41, 5.74) is 1.35. The van der Waals surface area contributed by atoms with E-state index in [2.05, 4.69) is 31.2 Å². The fourth-order valence-corrected chi connectivity index (χ4v) is 1.85. The van der Waals surface area contributed by atoms with Crippen molar-refractivity contribution >= 4 is 5.91 Å². The fourth-order valence-electron chi connectivity index (χ4n) is 1.85. The molecular formula is C15H24N2O. The Hall–Kier alpha value is -1.35. The van der Waals surface area contributed by atoms with Crippen LogP contribution in [0.1, 0.15) is 44.6 Å². The van der Waals surface area contributed by atoms with E-state index in [0.717, 1.165) is 32.1 Å².